The van der Waals surface area contributed by atoms with Crippen LogP contribution < -0.4 is 10.6 Å². The molecule has 1 aliphatic heterocycles. The van der Waals surface area contributed by atoms with Crippen molar-refractivity contribution < 1.29 is 4.79 Å². The predicted octanol–water partition coefficient (Wildman–Crippen LogP) is 2.20. The number of hydrogen-bond donors (Lipinski definition) is 2. The number of piperidine rings is 1. The first-order chi connectivity index (χ1) is 10.7. The van der Waals surface area contributed by atoms with Gasteiger partial charge in [0, 0.05) is 39.1 Å². The third kappa shape index (κ3) is 5.02. The first kappa shape index (κ1) is 16.8. The highest BCUT2D eigenvalue weighted by molar-refractivity contribution is 7.07. The summed E-state index contributed by atoms with van der Waals surface area (Å²) in [5.41, 5.74) is 1.24. The van der Waals surface area contributed by atoms with Crippen LogP contribution >= 0.6 is 11.3 Å². The zero-order chi connectivity index (χ0) is 15.8. The number of nitrogens with zero attached hydrogens (tertiary/aromatic N) is 2. The summed E-state index contributed by atoms with van der Waals surface area (Å²) < 4.78 is 0. The number of carbonyl (C=O) groups is 1. The van der Waals surface area contributed by atoms with E-state index in [1.807, 2.05) is 4.90 Å². The summed E-state index contributed by atoms with van der Waals surface area (Å²) in [5.74, 6) is 0.985. The molecular weight excluding hydrogens is 296 g/mol. The number of hydrogen-bond acceptors (Lipinski definition) is 3. The molecule has 22 heavy (non-hydrogen) atoms. The van der Waals surface area contributed by atoms with Gasteiger partial charge in [-0.3, -0.25) is 9.79 Å². The van der Waals surface area contributed by atoms with E-state index in [1.165, 1.54) is 12.0 Å². The fourth-order valence-electron chi connectivity index (χ4n) is 2.70. The van der Waals surface area contributed by atoms with Crippen molar-refractivity contribution in [2.75, 3.05) is 20.1 Å². The molecule has 1 amide bonds. The number of amides is 1. The van der Waals surface area contributed by atoms with Crippen LogP contribution in [-0.2, 0) is 11.3 Å². The first-order valence-electron chi connectivity index (χ1n) is 7.95. The van der Waals surface area contributed by atoms with Gasteiger partial charge in [0.2, 0.25) is 5.91 Å². The highest BCUT2D eigenvalue weighted by Gasteiger charge is 2.22. The molecular formula is C16H26N4OS. The van der Waals surface area contributed by atoms with Gasteiger partial charge < -0.3 is 15.5 Å². The van der Waals surface area contributed by atoms with Gasteiger partial charge in [0.05, 0.1) is 0 Å². The summed E-state index contributed by atoms with van der Waals surface area (Å²) in [6.45, 7) is 4.42. The molecule has 5 nitrogen and oxygen atoms in total. The van der Waals surface area contributed by atoms with Crippen molar-refractivity contribution in [3.05, 3.63) is 22.4 Å². The van der Waals surface area contributed by atoms with Crippen LogP contribution in [-0.4, -0.2) is 42.9 Å². The summed E-state index contributed by atoms with van der Waals surface area (Å²) in [5, 5.41) is 10.6. The molecule has 0 bridgehead atoms. The van der Waals surface area contributed by atoms with E-state index in [-0.39, 0.29) is 5.91 Å². The van der Waals surface area contributed by atoms with Crippen LogP contribution in [0.15, 0.2) is 21.8 Å². The maximum absolute atomic E-state index is 12.2. The Balaban J connectivity index is 1.68. The van der Waals surface area contributed by atoms with E-state index in [1.54, 1.807) is 18.4 Å². The number of guanidine groups is 1. The Kier molecular flexibility index (Phi) is 6.71. The smallest absolute Gasteiger partial charge is 0.224 e. The molecule has 0 aromatic carbocycles. The topological polar surface area (TPSA) is 56.7 Å². The maximum Gasteiger partial charge on any atom is 0.224 e. The molecule has 2 rings (SSSR count). The first-order valence-corrected chi connectivity index (χ1v) is 8.90. The Hall–Kier alpha value is -1.56. The number of thiophene rings is 1. The van der Waals surface area contributed by atoms with Crippen LogP contribution in [0.5, 0.6) is 0 Å². The Morgan fingerprint density at radius 1 is 1.45 bits per heavy atom. The third-order valence-corrected chi connectivity index (χ3v) is 4.75. The molecule has 1 unspecified atom stereocenters. The average Bonchev–Trinajstić information content (AvgIpc) is 3.04. The molecule has 1 saturated heterocycles. The van der Waals surface area contributed by atoms with Crippen molar-refractivity contribution in [3.63, 3.8) is 0 Å². The van der Waals surface area contributed by atoms with E-state index in [0.29, 0.717) is 19.0 Å². The second-order valence-electron chi connectivity index (χ2n) is 5.67. The normalized spacial score (nSPS) is 19.1. The quantitative estimate of drug-likeness (QED) is 0.645. The minimum absolute atomic E-state index is 0.244. The van der Waals surface area contributed by atoms with E-state index in [4.69, 9.17) is 0 Å². The standard InChI is InChI=1S/C16H26N4OS/c1-13-5-3-4-9-20(13)15(21)6-8-18-16(17-2)19-11-14-7-10-22-12-14/h7,10,12-13H,3-6,8-9,11H2,1-2H3,(H2,17,18,19). The molecule has 0 radical (unpaired) electrons. The maximum atomic E-state index is 12.2. The van der Waals surface area contributed by atoms with E-state index in [9.17, 15) is 4.79 Å². The van der Waals surface area contributed by atoms with Gasteiger partial charge in [-0.2, -0.15) is 11.3 Å². The third-order valence-electron chi connectivity index (χ3n) is 4.02. The number of rotatable bonds is 5. The van der Waals surface area contributed by atoms with E-state index in [2.05, 4.69) is 39.4 Å². The lowest BCUT2D eigenvalue weighted by molar-refractivity contribution is -0.134. The summed E-state index contributed by atoms with van der Waals surface area (Å²) in [7, 11) is 1.75. The molecule has 1 aromatic heterocycles. The zero-order valence-corrected chi connectivity index (χ0v) is 14.3. The molecule has 1 fully saturated rings. The van der Waals surface area contributed by atoms with Crippen LogP contribution in [0.3, 0.4) is 0 Å². The Morgan fingerprint density at radius 3 is 3.00 bits per heavy atom. The van der Waals surface area contributed by atoms with E-state index >= 15 is 0 Å². The van der Waals surface area contributed by atoms with Gasteiger partial charge in [0.15, 0.2) is 5.96 Å². The van der Waals surface area contributed by atoms with Crippen molar-refractivity contribution >= 4 is 23.2 Å². The number of carbonyl (C=O) groups excluding carboxylic acids is 1. The summed E-state index contributed by atoms with van der Waals surface area (Å²) in [6.07, 6.45) is 4.02. The summed E-state index contributed by atoms with van der Waals surface area (Å²) >= 11 is 1.69. The van der Waals surface area contributed by atoms with Gasteiger partial charge in [-0.1, -0.05) is 0 Å². The SMILES string of the molecule is CN=C(NCCC(=O)N1CCCCC1C)NCc1ccsc1. The fourth-order valence-corrected chi connectivity index (χ4v) is 3.37. The second kappa shape index (κ2) is 8.78. The zero-order valence-electron chi connectivity index (χ0n) is 13.5. The largest absolute Gasteiger partial charge is 0.356 e. The number of aliphatic imine (C=N–C) groups is 1. The van der Waals surface area contributed by atoms with Crippen LogP contribution in [0.2, 0.25) is 0 Å². The molecule has 122 valence electrons. The number of nitrogens with one attached hydrogen (secondary N) is 2. The molecule has 0 aliphatic carbocycles. The van der Waals surface area contributed by atoms with Gasteiger partial charge in [0.1, 0.15) is 0 Å². The number of likely N-dealkylation sites (tertiary alicyclic amines) is 1. The average molecular weight is 322 g/mol. The Bertz CT molecular complexity index is 486. The molecule has 6 heteroatoms. The van der Waals surface area contributed by atoms with Gasteiger partial charge in [0.25, 0.3) is 0 Å². The Morgan fingerprint density at radius 2 is 2.32 bits per heavy atom. The van der Waals surface area contributed by atoms with Crippen molar-refractivity contribution in [3.8, 4) is 0 Å². The van der Waals surface area contributed by atoms with Crippen molar-refractivity contribution in [1.82, 2.24) is 15.5 Å². The van der Waals surface area contributed by atoms with Gasteiger partial charge in [-0.25, -0.2) is 0 Å². The molecule has 2 N–H and O–H groups in total. The molecule has 1 aliphatic rings. The summed E-state index contributed by atoms with van der Waals surface area (Å²) in [4.78, 5) is 18.5. The second-order valence-corrected chi connectivity index (χ2v) is 6.45. The minimum atomic E-state index is 0.244. The minimum Gasteiger partial charge on any atom is -0.356 e. The van der Waals surface area contributed by atoms with Crippen LogP contribution in [0.1, 0.15) is 38.2 Å². The molecule has 0 spiro atoms. The van der Waals surface area contributed by atoms with Crippen LogP contribution in [0.4, 0.5) is 0 Å². The van der Waals surface area contributed by atoms with Gasteiger partial charge in [-0.15, -0.1) is 0 Å². The molecule has 1 aromatic rings. The molecule has 1 atom stereocenters. The van der Waals surface area contributed by atoms with E-state index in [0.717, 1.165) is 31.9 Å². The fraction of sp³-hybridized carbons (Fsp3) is 0.625. The van der Waals surface area contributed by atoms with Crippen LogP contribution in [0, 0.1) is 0 Å². The lowest BCUT2D eigenvalue weighted by atomic mass is 10.0. The molecule has 2 heterocycles. The van der Waals surface area contributed by atoms with Crippen molar-refractivity contribution in [2.45, 2.75) is 45.2 Å². The summed E-state index contributed by atoms with van der Waals surface area (Å²) in [6, 6.07) is 2.48. The van der Waals surface area contributed by atoms with E-state index < -0.39 is 0 Å². The Labute approximate surface area is 136 Å². The highest BCUT2D eigenvalue weighted by atomic mass is 32.1. The molecule has 0 saturated carbocycles. The van der Waals surface area contributed by atoms with Gasteiger partial charge >= 0.3 is 0 Å². The highest BCUT2D eigenvalue weighted by Crippen LogP contribution is 2.16. The predicted molar refractivity (Wildman–Crippen MR) is 92.2 cm³/mol. The monoisotopic (exact) mass is 322 g/mol. The van der Waals surface area contributed by atoms with Gasteiger partial charge in [-0.05, 0) is 48.6 Å². The van der Waals surface area contributed by atoms with Crippen molar-refractivity contribution in [2.24, 2.45) is 4.99 Å². The lowest BCUT2D eigenvalue weighted by Crippen LogP contribution is -2.44. The van der Waals surface area contributed by atoms with Crippen molar-refractivity contribution in [1.29, 1.82) is 0 Å². The van der Waals surface area contributed by atoms with Crippen LogP contribution in [0.25, 0.3) is 0 Å². The lowest BCUT2D eigenvalue weighted by Gasteiger charge is -2.33.